The number of carbonyl (C=O) groups is 1. The molecule has 0 aliphatic carbocycles. The zero-order valence-electron chi connectivity index (χ0n) is 24.1. The Balaban J connectivity index is 1.38. The number of hydrogen-bond donors (Lipinski definition) is 2. The molecule has 0 bridgehead atoms. The lowest BCUT2D eigenvalue weighted by Crippen LogP contribution is -2.31. The number of hydrogen-bond acceptors (Lipinski definition) is 10. The van der Waals surface area contributed by atoms with E-state index in [4.69, 9.17) is 14.2 Å². The van der Waals surface area contributed by atoms with Gasteiger partial charge in [0.1, 0.15) is 36.2 Å². The molecular weight excluding hydrogens is 548 g/mol. The number of rotatable bonds is 12. The Kier molecular flexibility index (Phi) is 10.2. The first-order valence-electron chi connectivity index (χ1n) is 13.4. The monoisotopic (exact) mass is 580 g/mol. The van der Waals surface area contributed by atoms with Crippen LogP contribution in [0.5, 0.6) is 23.0 Å². The fourth-order valence-electron chi connectivity index (χ4n) is 3.72. The second-order valence-corrected chi connectivity index (χ2v) is 9.76. The van der Waals surface area contributed by atoms with Crippen LogP contribution >= 0.6 is 0 Å². The summed E-state index contributed by atoms with van der Waals surface area (Å²) >= 11 is 0. The summed E-state index contributed by atoms with van der Waals surface area (Å²) in [6, 6.07) is 23.6. The average molecular weight is 581 g/mol. The van der Waals surface area contributed by atoms with E-state index in [1.54, 1.807) is 79.7 Å². The van der Waals surface area contributed by atoms with Gasteiger partial charge in [-0.3, -0.25) is 0 Å². The van der Waals surface area contributed by atoms with Gasteiger partial charge in [0.05, 0.1) is 22.7 Å². The molecular formula is C33H32N4O6. The number of esters is 1. The molecule has 0 radical (unpaired) electrons. The van der Waals surface area contributed by atoms with Crippen LogP contribution in [-0.4, -0.2) is 35.5 Å². The summed E-state index contributed by atoms with van der Waals surface area (Å²) in [5, 5.41) is 35.6. The number of nitrogens with zero attached hydrogens (tertiary/aromatic N) is 4. The van der Waals surface area contributed by atoms with Gasteiger partial charge in [-0.15, -0.1) is 0 Å². The molecule has 43 heavy (non-hydrogen) atoms. The third kappa shape index (κ3) is 9.25. The van der Waals surface area contributed by atoms with E-state index < -0.39 is 12.1 Å². The van der Waals surface area contributed by atoms with E-state index in [1.165, 1.54) is 0 Å². The van der Waals surface area contributed by atoms with Crippen LogP contribution in [0, 0.1) is 13.8 Å². The Bertz CT molecular complexity index is 1520. The zero-order chi connectivity index (χ0) is 30.8. The molecule has 4 rings (SSSR count). The van der Waals surface area contributed by atoms with Gasteiger partial charge in [-0.1, -0.05) is 6.58 Å². The Hall–Kier alpha value is -5.51. The summed E-state index contributed by atoms with van der Waals surface area (Å²) in [6.07, 6.45) is -0.717. The van der Waals surface area contributed by atoms with Crippen molar-refractivity contribution in [2.45, 2.75) is 26.9 Å². The molecule has 0 amide bonds. The molecule has 0 saturated heterocycles. The van der Waals surface area contributed by atoms with E-state index in [2.05, 4.69) is 27.0 Å². The van der Waals surface area contributed by atoms with Gasteiger partial charge in [0, 0.05) is 5.57 Å². The van der Waals surface area contributed by atoms with Gasteiger partial charge in [0.15, 0.2) is 6.10 Å². The van der Waals surface area contributed by atoms with Gasteiger partial charge in [-0.2, -0.15) is 20.5 Å². The Morgan fingerprint density at radius 2 is 1.05 bits per heavy atom. The van der Waals surface area contributed by atoms with Gasteiger partial charge >= 0.3 is 5.97 Å². The smallest absolute Gasteiger partial charge is 0.333 e. The van der Waals surface area contributed by atoms with Crippen LogP contribution in [0.25, 0.3) is 0 Å². The molecule has 0 heterocycles. The fraction of sp³-hybridized carbons (Fsp3) is 0.182. The average Bonchev–Trinajstić information content (AvgIpc) is 2.99. The molecule has 0 aromatic heterocycles. The second kappa shape index (κ2) is 14.4. The van der Waals surface area contributed by atoms with Crippen LogP contribution in [0.1, 0.15) is 18.1 Å². The van der Waals surface area contributed by atoms with Crippen molar-refractivity contribution in [2.24, 2.45) is 20.5 Å². The molecule has 0 atom stereocenters. The summed E-state index contributed by atoms with van der Waals surface area (Å²) in [5.74, 6) is 0.972. The largest absolute Gasteiger partial charge is 0.508 e. The highest BCUT2D eigenvalue weighted by Crippen LogP contribution is 2.28. The lowest BCUT2D eigenvalue weighted by molar-refractivity contribution is -0.147. The summed E-state index contributed by atoms with van der Waals surface area (Å²) in [6.45, 7) is 9.09. The highest BCUT2D eigenvalue weighted by atomic mass is 16.6. The van der Waals surface area contributed by atoms with Crippen molar-refractivity contribution in [1.82, 2.24) is 0 Å². The molecule has 4 aromatic carbocycles. The van der Waals surface area contributed by atoms with Crippen LogP contribution in [0.4, 0.5) is 22.7 Å². The van der Waals surface area contributed by atoms with E-state index in [-0.39, 0.29) is 30.3 Å². The maximum Gasteiger partial charge on any atom is 0.333 e. The number of azo groups is 2. The minimum atomic E-state index is -0.717. The lowest BCUT2D eigenvalue weighted by Gasteiger charge is -2.20. The highest BCUT2D eigenvalue weighted by Gasteiger charge is 2.18. The molecule has 220 valence electrons. The predicted molar refractivity (Wildman–Crippen MR) is 163 cm³/mol. The SMILES string of the molecule is C=C(C)C(=O)OC(COc1ccc(N=Nc2ccc(O)cc2)cc1C)COc1ccc(N=Nc2ccc(O)cc2)cc1C. The van der Waals surface area contributed by atoms with E-state index >= 15 is 0 Å². The van der Waals surface area contributed by atoms with Crippen molar-refractivity contribution in [2.75, 3.05) is 13.2 Å². The quantitative estimate of drug-likeness (QED) is 0.0980. The lowest BCUT2D eigenvalue weighted by atomic mass is 10.2. The first-order valence-corrected chi connectivity index (χ1v) is 13.4. The molecule has 0 aliphatic heterocycles. The van der Waals surface area contributed by atoms with E-state index in [0.717, 1.165) is 11.1 Å². The summed E-state index contributed by atoms with van der Waals surface area (Å²) in [5.41, 5.74) is 4.40. The van der Waals surface area contributed by atoms with Crippen LogP contribution in [0.2, 0.25) is 0 Å². The van der Waals surface area contributed by atoms with E-state index in [1.807, 2.05) is 26.0 Å². The van der Waals surface area contributed by atoms with Crippen molar-refractivity contribution in [3.05, 3.63) is 108 Å². The van der Waals surface area contributed by atoms with Crippen LogP contribution < -0.4 is 9.47 Å². The third-order valence-corrected chi connectivity index (χ3v) is 6.05. The predicted octanol–water partition coefficient (Wildman–Crippen LogP) is 8.49. The van der Waals surface area contributed by atoms with Crippen LogP contribution in [-0.2, 0) is 9.53 Å². The molecule has 0 unspecified atom stereocenters. The van der Waals surface area contributed by atoms with Gasteiger partial charge in [-0.05, 0) is 117 Å². The van der Waals surface area contributed by atoms with Crippen molar-refractivity contribution >= 4 is 28.7 Å². The van der Waals surface area contributed by atoms with Crippen molar-refractivity contribution in [1.29, 1.82) is 0 Å². The van der Waals surface area contributed by atoms with Gasteiger partial charge in [-0.25, -0.2) is 4.79 Å². The highest BCUT2D eigenvalue weighted by molar-refractivity contribution is 5.87. The fourth-order valence-corrected chi connectivity index (χ4v) is 3.72. The summed E-state index contributed by atoms with van der Waals surface area (Å²) in [4.78, 5) is 12.3. The molecule has 2 N–H and O–H groups in total. The standard InChI is InChI=1S/C33H32N4O6/c1-21(2)33(40)43-30(19-41-31-15-9-26(17-22(31)3)36-34-24-5-11-28(38)12-6-24)20-42-32-16-10-27(18-23(32)4)37-35-25-7-13-29(39)14-8-25/h5-18,30,38-39H,1,19-20H2,2-4H3. The van der Waals surface area contributed by atoms with Crippen molar-refractivity contribution in [3.63, 3.8) is 0 Å². The van der Waals surface area contributed by atoms with E-state index in [0.29, 0.717) is 34.2 Å². The van der Waals surface area contributed by atoms with Crippen LogP contribution in [0.15, 0.2) is 118 Å². The molecule has 0 aliphatic rings. The van der Waals surface area contributed by atoms with Crippen molar-refractivity contribution in [3.8, 4) is 23.0 Å². The molecule has 0 fully saturated rings. The van der Waals surface area contributed by atoms with E-state index in [9.17, 15) is 15.0 Å². The first-order chi connectivity index (χ1) is 20.7. The molecule has 10 nitrogen and oxygen atoms in total. The topological polar surface area (TPSA) is 135 Å². The minimum absolute atomic E-state index is 0.0478. The number of phenols is 2. The Morgan fingerprint density at radius 3 is 1.42 bits per heavy atom. The number of carbonyl (C=O) groups excluding carboxylic acids is 1. The maximum absolute atomic E-state index is 12.3. The molecule has 10 heteroatoms. The normalized spacial score (nSPS) is 11.9. The number of ether oxygens (including phenoxy) is 3. The minimum Gasteiger partial charge on any atom is -0.508 e. The number of benzene rings is 4. The number of aromatic hydroxyl groups is 2. The Morgan fingerprint density at radius 1 is 0.674 bits per heavy atom. The summed E-state index contributed by atoms with van der Waals surface area (Å²) < 4.78 is 17.6. The van der Waals surface area contributed by atoms with Crippen LogP contribution in [0.3, 0.4) is 0 Å². The molecule has 4 aromatic rings. The second-order valence-electron chi connectivity index (χ2n) is 9.76. The Labute approximate surface area is 249 Å². The van der Waals surface area contributed by atoms with Gasteiger partial charge < -0.3 is 24.4 Å². The molecule has 0 saturated carbocycles. The molecule has 0 spiro atoms. The van der Waals surface area contributed by atoms with Gasteiger partial charge in [0.2, 0.25) is 0 Å². The van der Waals surface area contributed by atoms with Crippen molar-refractivity contribution < 1.29 is 29.2 Å². The first kappa shape index (κ1) is 30.4. The third-order valence-electron chi connectivity index (χ3n) is 6.05. The maximum atomic E-state index is 12.3. The van der Waals surface area contributed by atoms with Gasteiger partial charge in [0.25, 0.3) is 0 Å². The number of aryl methyl sites for hydroxylation is 2. The zero-order valence-corrected chi connectivity index (χ0v) is 24.1. The summed E-state index contributed by atoms with van der Waals surface area (Å²) in [7, 11) is 0. The number of phenolic OH excluding ortho intramolecular Hbond substituents is 2.